The van der Waals surface area contributed by atoms with Crippen LogP contribution in [0.1, 0.15) is 12.0 Å². The molecule has 0 radical (unpaired) electrons. The molecule has 7 heteroatoms. The van der Waals surface area contributed by atoms with E-state index < -0.39 is 18.0 Å². The first-order chi connectivity index (χ1) is 10.6. The van der Waals surface area contributed by atoms with E-state index in [0.717, 1.165) is 11.3 Å². The van der Waals surface area contributed by atoms with Crippen LogP contribution in [0, 0.1) is 0 Å². The highest BCUT2D eigenvalue weighted by atomic mass is 32.2. The van der Waals surface area contributed by atoms with E-state index in [9.17, 15) is 9.59 Å². The van der Waals surface area contributed by atoms with Crippen LogP contribution in [0.25, 0.3) is 6.08 Å². The van der Waals surface area contributed by atoms with Gasteiger partial charge in [-0.1, -0.05) is 12.1 Å². The number of methoxy groups -OCH3 is 1. The van der Waals surface area contributed by atoms with Gasteiger partial charge in [0.05, 0.1) is 7.11 Å². The zero-order valence-electron chi connectivity index (χ0n) is 12.5. The zero-order valence-corrected chi connectivity index (χ0v) is 13.4. The first-order valence-corrected chi connectivity index (χ1v) is 8.05. The van der Waals surface area contributed by atoms with E-state index in [4.69, 9.17) is 9.84 Å². The minimum absolute atomic E-state index is 0.378. The number of rotatable bonds is 8. The molecule has 0 fully saturated rings. The lowest BCUT2D eigenvalue weighted by molar-refractivity contribution is -0.139. The van der Waals surface area contributed by atoms with Crippen molar-refractivity contribution in [1.82, 2.24) is 10.6 Å². The summed E-state index contributed by atoms with van der Waals surface area (Å²) in [6, 6.07) is 5.89. The van der Waals surface area contributed by atoms with Gasteiger partial charge in [-0.3, -0.25) is 0 Å². The number of carbonyl (C=O) groups is 2. The van der Waals surface area contributed by atoms with Crippen LogP contribution in [0.3, 0.4) is 0 Å². The third-order valence-corrected chi connectivity index (χ3v) is 3.44. The quantitative estimate of drug-likeness (QED) is 0.682. The molecule has 3 N–H and O–H groups in total. The molecule has 0 aromatic heterocycles. The van der Waals surface area contributed by atoms with E-state index in [2.05, 4.69) is 10.6 Å². The van der Waals surface area contributed by atoms with Crippen LogP contribution in [-0.2, 0) is 4.79 Å². The normalized spacial score (nSPS) is 11.9. The average molecular weight is 324 g/mol. The molecular weight excluding hydrogens is 304 g/mol. The molecule has 0 bridgehead atoms. The molecule has 1 aromatic rings. The molecule has 0 heterocycles. The number of carbonyl (C=O) groups excluding carboxylic acids is 1. The van der Waals surface area contributed by atoms with Gasteiger partial charge in [-0.05, 0) is 42.2 Å². The molecule has 1 rings (SSSR count). The van der Waals surface area contributed by atoms with Gasteiger partial charge in [-0.15, -0.1) is 0 Å². The van der Waals surface area contributed by atoms with Crippen molar-refractivity contribution < 1.29 is 19.4 Å². The van der Waals surface area contributed by atoms with Crippen molar-refractivity contribution >= 4 is 29.8 Å². The Morgan fingerprint density at radius 3 is 2.86 bits per heavy atom. The van der Waals surface area contributed by atoms with Crippen LogP contribution in [0.2, 0.25) is 0 Å². The molecule has 1 aromatic carbocycles. The maximum atomic E-state index is 11.7. The van der Waals surface area contributed by atoms with Crippen molar-refractivity contribution in [2.45, 2.75) is 12.5 Å². The second-order valence-corrected chi connectivity index (χ2v) is 5.39. The lowest BCUT2D eigenvalue weighted by Gasteiger charge is -2.13. The number of carboxylic acid groups (broad SMARTS) is 1. The smallest absolute Gasteiger partial charge is 0.326 e. The van der Waals surface area contributed by atoms with Crippen LogP contribution in [0.4, 0.5) is 4.79 Å². The number of ether oxygens (including phenoxy) is 1. The van der Waals surface area contributed by atoms with Gasteiger partial charge in [0.2, 0.25) is 0 Å². The molecule has 0 aliphatic heterocycles. The van der Waals surface area contributed by atoms with Crippen LogP contribution < -0.4 is 15.4 Å². The number of amides is 2. The Bertz CT molecular complexity index is 534. The van der Waals surface area contributed by atoms with Crippen molar-refractivity contribution in [1.29, 1.82) is 0 Å². The number of benzene rings is 1. The molecule has 2 amide bonds. The van der Waals surface area contributed by atoms with Gasteiger partial charge < -0.3 is 20.5 Å². The van der Waals surface area contributed by atoms with Gasteiger partial charge >= 0.3 is 12.0 Å². The molecule has 120 valence electrons. The van der Waals surface area contributed by atoms with Gasteiger partial charge in [-0.2, -0.15) is 11.8 Å². The molecule has 0 saturated heterocycles. The predicted molar refractivity (Wildman–Crippen MR) is 88.1 cm³/mol. The standard InChI is InChI=1S/C15H20N2O4S/c1-21-12-5-3-4-11(10-12)6-8-16-15(20)17-13(14(18)19)7-9-22-2/h3-6,8,10,13H,7,9H2,1-2H3,(H,18,19)(H2,16,17,20)/b8-6+. The molecular formula is C15H20N2O4S. The minimum Gasteiger partial charge on any atom is -0.497 e. The largest absolute Gasteiger partial charge is 0.497 e. The fraction of sp³-hybridized carbons (Fsp3) is 0.333. The Kier molecular flexibility index (Phi) is 7.91. The minimum atomic E-state index is -1.04. The van der Waals surface area contributed by atoms with Gasteiger partial charge in [0.1, 0.15) is 11.8 Å². The van der Waals surface area contributed by atoms with Crippen molar-refractivity contribution in [3.8, 4) is 5.75 Å². The molecule has 1 atom stereocenters. The molecule has 1 unspecified atom stereocenters. The second kappa shape index (κ2) is 9.73. The third kappa shape index (κ3) is 6.53. The van der Waals surface area contributed by atoms with Crippen LogP contribution in [0.15, 0.2) is 30.5 Å². The van der Waals surface area contributed by atoms with Gasteiger partial charge in [-0.25, -0.2) is 9.59 Å². The topological polar surface area (TPSA) is 87.7 Å². The SMILES string of the molecule is COc1cccc(/C=C/NC(=O)NC(CCSC)C(=O)O)c1. The number of thioether (sulfide) groups is 1. The summed E-state index contributed by atoms with van der Waals surface area (Å²) in [4.78, 5) is 22.7. The lowest BCUT2D eigenvalue weighted by Crippen LogP contribution is -2.44. The summed E-state index contributed by atoms with van der Waals surface area (Å²) < 4.78 is 5.10. The highest BCUT2D eigenvalue weighted by molar-refractivity contribution is 7.98. The summed E-state index contributed by atoms with van der Waals surface area (Å²) >= 11 is 1.53. The molecule has 0 aliphatic carbocycles. The summed E-state index contributed by atoms with van der Waals surface area (Å²) in [7, 11) is 1.58. The number of carboxylic acids is 1. The summed E-state index contributed by atoms with van der Waals surface area (Å²) in [5.41, 5.74) is 0.858. The fourth-order valence-corrected chi connectivity index (χ4v) is 2.12. The number of hydrogen-bond acceptors (Lipinski definition) is 4. The van der Waals surface area contributed by atoms with E-state index in [1.165, 1.54) is 18.0 Å². The highest BCUT2D eigenvalue weighted by Gasteiger charge is 2.18. The van der Waals surface area contributed by atoms with E-state index in [1.54, 1.807) is 13.2 Å². The monoisotopic (exact) mass is 324 g/mol. The highest BCUT2D eigenvalue weighted by Crippen LogP contribution is 2.13. The number of aliphatic carboxylic acids is 1. The second-order valence-electron chi connectivity index (χ2n) is 4.40. The van der Waals surface area contributed by atoms with E-state index in [1.807, 2.05) is 30.5 Å². The Labute approximate surface area is 133 Å². The van der Waals surface area contributed by atoms with Crippen LogP contribution in [-0.4, -0.2) is 42.3 Å². The average Bonchev–Trinajstić information content (AvgIpc) is 2.51. The van der Waals surface area contributed by atoms with Crippen LogP contribution in [0.5, 0.6) is 5.75 Å². The first-order valence-electron chi connectivity index (χ1n) is 6.66. The molecule has 0 aliphatic rings. The number of urea groups is 1. The number of hydrogen-bond donors (Lipinski definition) is 3. The molecule has 6 nitrogen and oxygen atoms in total. The van der Waals surface area contributed by atoms with Gasteiger partial charge in [0, 0.05) is 6.20 Å². The summed E-state index contributed by atoms with van der Waals surface area (Å²) in [5, 5.41) is 13.9. The first kappa shape index (κ1) is 17.9. The van der Waals surface area contributed by atoms with Crippen LogP contribution >= 0.6 is 11.8 Å². The Morgan fingerprint density at radius 1 is 1.45 bits per heavy atom. The molecule has 0 spiro atoms. The van der Waals surface area contributed by atoms with E-state index >= 15 is 0 Å². The van der Waals surface area contributed by atoms with Gasteiger partial charge in [0.15, 0.2) is 0 Å². The summed E-state index contributed by atoms with van der Waals surface area (Å²) in [6.07, 6.45) is 5.41. The third-order valence-electron chi connectivity index (χ3n) is 2.80. The van der Waals surface area contributed by atoms with E-state index in [-0.39, 0.29) is 0 Å². The molecule has 22 heavy (non-hydrogen) atoms. The Hall–Kier alpha value is -2.15. The number of nitrogens with one attached hydrogen (secondary N) is 2. The maximum Gasteiger partial charge on any atom is 0.326 e. The fourth-order valence-electron chi connectivity index (χ4n) is 1.65. The predicted octanol–water partition coefficient (Wildman–Crippen LogP) is 2.17. The van der Waals surface area contributed by atoms with Crippen molar-refractivity contribution in [3.05, 3.63) is 36.0 Å². The Balaban J connectivity index is 2.50. The summed E-state index contributed by atoms with van der Waals surface area (Å²) in [6.45, 7) is 0. The van der Waals surface area contributed by atoms with Gasteiger partial charge in [0.25, 0.3) is 0 Å². The zero-order chi connectivity index (χ0) is 16.4. The van der Waals surface area contributed by atoms with Crippen molar-refractivity contribution in [2.75, 3.05) is 19.1 Å². The summed E-state index contributed by atoms with van der Waals surface area (Å²) in [5.74, 6) is 0.340. The van der Waals surface area contributed by atoms with Crippen molar-refractivity contribution in [3.63, 3.8) is 0 Å². The van der Waals surface area contributed by atoms with Crippen molar-refractivity contribution in [2.24, 2.45) is 0 Å². The van der Waals surface area contributed by atoms with E-state index in [0.29, 0.717) is 12.2 Å². The Morgan fingerprint density at radius 2 is 2.23 bits per heavy atom. The maximum absolute atomic E-state index is 11.7. The molecule has 0 saturated carbocycles. The lowest BCUT2D eigenvalue weighted by atomic mass is 10.2.